The molecule has 0 saturated carbocycles. The molecule has 0 aromatic heterocycles. The Balaban J connectivity index is 2.18. The number of quaternary nitrogens is 1. The second-order valence-electron chi connectivity index (χ2n) is 7.79. The van der Waals surface area contributed by atoms with Gasteiger partial charge < -0.3 is 9.59 Å². The third kappa shape index (κ3) is 8.30. The second-order valence-corrected chi connectivity index (χ2v) is 7.79. The minimum Gasteiger partial charge on any atom is -0.390 e. The van der Waals surface area contributed by atoms with Crippen LogP contribution in [0.1, 0.15) is 82.7 Å². The monoisotopic (exact) mass is 334 g/mol. The predicted octanol–water partition coefficient (Wildman–Crippen LogP) is 5.72. The van der Waals surface area contributed by atoms with Crippen LogP contribution in [0.3, 0.4) is 0 Å². The SMILES string of the molecule is CCCCCCCCCCCC[N+](C)(C)C(CO)c1ccccc1. The van der Waals surface area contributed by atoms with E-state index in [0.29, 0.717) is 0 Å². The number of benzene rings is 1. The maximum atomic E-state index is 9.86. The van der Waals surface area contributed by atoms with Gasteiger partial charge in [-0.05, 0) is 12.8 Å². The number of hydrogen-bond acceptors (Lipinski definition) is 1. The lowest BCUT2D eigenvalue weighted by Gasteiger charge is -2.37. The van der Waals surface area contributed by atoms with Gasteiger partial charge in [-0.1, -0.05) is 88.6 Å². The normalized spacial score (nSPS) is 13.2. The molecule has 1 aromatic rings. The van der Waals surface area contributed by atoms with Crippen molar-refractivity contribution in [2.24, 2.45) is 0 Å². The Bertz CT molecular complexity index is 402. The summed E-state index contributed by atoms with van der Waals surface area (Å²) in [6.07, 6.45) is 13.7. The highest BCUT2D eigenvalue weighted by Gasteiger charge is 2.28. The van der Waals surface area contributed by atoms with Gasteiger partial charge in [0.2, 0.25) is 0 Å². The molecule has 2 heteroatoms. The number of hydrogen-bond donors (Lipinski definition) is 1. The zero-order valence-electron chi connectivity index (χ0n) is 16.3. The molecule has 0 aliphatic carbocycles. The van der Waals surface area contributed by atoms with Crippen molar-refractivity contribution >= 4 is 0 Å². The molecule has 0 aliphatic rings. The molecular weight excluding hydrogens is 294 g/mol. The molecule has 0 amide bonds. The molecule has 1 unspecified atom stereocenters. The van der Waals surface area contributed by atoms with Gasteiger partial charge in [0.15, 0.2) is 0 Å². The van der Waals surface area contributed by atoms with E-state index in [0.717, 1.165) is 11.0 Å². The molecule has 2 nitrogen and oxygen atoms in total. The fourth-order valence-corrected chi connectivity index (χ4v) is 3.57. The van der Waals surface area contributed by atoms with Gasteiger partial charge in [0.05, 0.1) is 27.2 Å². The number of likely N-dealkylation sites (N-methyl/N-ethyl adjacent to an activating group) is 1. The Morgan fingerprint density at radius 3 is 1.79 bits per heavy atom. The largest absolute Gasteiger partial charge is 0.390 e. The van der Waals surface area contributed by atoms with Crippen molar-refractivity contribution in [2.75, 3.05) is 27.2 Å². The van der Waals surface area contributed by atoms with E-state index in [1.807, 2.05) is 6.07 Å². The molecular formula is C22H40NO+. The molecule has 0 saturated heterocycles. The molecule has 24 heavy (non-hydrogen) atoms. The van der Waals surface area contributed by atoms with E-state index in [2.05, 4.69) is 45.3 Å². The lowest BCUT2D eigenvalue weighted by Crippen LogP contribution is -2.45. The number of unbranched alkanes of at least 4 members (excludes halogenated alkanes) is 9. The Labute approximate surface area is 150 Å². The number of aliphatic hydroxyl groups excluding tert-OH is 1. The van der Waals surface area contributed by atoms with E-state index in [1.54, 1.807) is 0 Å². The van der Waals surface area contributed by atoms with E-state index in [9.17, 15) is 5.11 Å². The lowest BCUT2D eigenvalue weighted by molar-refractivity contribution is -0.921. The zero-order chi connectivity index (χ0) is 17.7. The Morgan fingerprint density at radius 2 is 1.29 bits per heavy atom. The highest BCUT2D eigenvalue weighted by molar-refractivity contribution is 5.17. The van der Waals surface area contributed by atoms with Crippen LogP contribution in [0.2, 0.25) is 0 Å². The Hall–Kier alpha value is -0.860. The topological polar surface area (TPSA) is 20.2 Å². The minimum atomic E-state index is 0.185. The van der Waals surface area contributed by atoms with Crippen molar-refractivity contribution in [3.05, 3.63) is 35.9 Å². The van der Waals surface area contributed by atoms with Gasteiger partial charge in [-0.3, -0.25) is 0 Å². The van der Waals surface area contributed by atoms with Crippen LogP contribution in [0.4, 0.5) is 0 Å². The Kier molecular flexibility index (Phi) is 11.0. The van der Waals surface area contributed by atoms with Gasteiger partial charge in [0, 0.05) is 5.56 Å². The summed E-state index contributed by atoms with van der Waals surface area (Å²) >= 11 is 0. The summed E-state index contributed by atoms with van der Waals surface area (Å²) < 4.78 is 0.873. The Morgan fingerprint density at radius 1 is 0.792 bits per heavy atom. The van der Waals surface area contributed by atoms with Crippen LogP contribution in [0, 0.1) is 0 Å². The van der Waals surface area contributed by atoms with Gasteiger partial charge in [0.1, 0.15) is 6.04 Å². The van der Waals surface area contributed by atoms with Crippen LogP contribution >= 0.6 is 0 Å². The number of aliphatic hydroxyl groups is 1. The van der Waals surface area contributed by atoms with Gasteiger partial charge in [-0.25, -0.2) is 0 Å². The van der Waals surface area contributed by atoms with Crippen LogP contribution < -0.4 is 0 Å². The fraction of sp³-hybridized carbons (Fsp3) is 0.727. The summed E-state index contributed by atoms with van der Waals surface area (Å²) in [7, 11) is 4.50. The third-order valence-corrected chi connectivity index (χ3v) is 5.29. The highest BCUT2D eigenvalue weighted by atomic mass is 16.3. The van der Waals surface area contributed by atoms with E-state index in [1.165, 1.54) is 69.8 Å². The standard InChI is InChI=1S/C22H40NO/c1-4-5-6-7-8-9-10-11-12-16-19-23(2,3)22(20-24)21-17-14-13-15-18-21/h13-15,17-18,22,24H,4-12,16,19-20H2,1-3H3/q+1. The molecule has 1 aromatic carbocycles. The minimum absolute atomic E-state index is 0.185. The van der Waals surface area contributed by atoms with Crippen LogP contribution in [0.25, 0.3) is 0 Å². The molecule has 1 rings (SSSR count). The maximum absolute atomic E-state index is 9.86. The first-order valence-corrected chi connectivity index (χ1v) is 10.1. The van der Waals surface area contributed by atoms with Crippen LogP contribution in [0.15, 0.2) is 30.3 Å². The first-order chi connectivity index (χ1) is 11.6. The van der Waals surface area contributed by atoms with Gasteiger partial charge in [-0.2, -0.15) is 0 Å². The van der Waals surface area contributed by atoms with E-state index in [4.69, 9.17) is 0 Å². The lowest BCUT2D eigenvalue weighted by atomic mass is 10.0. The summed E-state index contributed by atoms with van der Waals surface area (Å²) in [5, 5.41) is 9.86. The summed E-state index contributed by atoms with van der Waals surface area (Å²) in [4.78, 5) is 0. The summed E-state index contributed by atoms with van der Waals surface area (Å²) in [5.74, 6) is 0. The van der Waals surface area contributed by atoms with E-state index >= 15 is 0 Å². The van der Waals surface area contributed by atoms with Crippen LogP contribution in [-0.4, -0.2) is 36.8 Å². The molecule has 0 heterocycles. The van der Waals surface area contributed by atoms with Crippen molar-refractivity contribution in [3.8, 4) is 0 Å². The molecule has 1 N–H and O–H groups in total. The zero-order valence-corrected chi connectivity index (χ0v) is 16.3. The summed E-state index contributed by atoms with van der Waals surface area (Å²) in [6.45, 7) is 3.63. The third-order valence-electron chi connectivity index (χ3n) is 5.29. The predicted molar refractivity (Wildman–Crippen MR) is 105 cm³/mol. The smallest absolute Gasteiger partial charge is 0.138 e. The molecule has 1 atom stereocenters. The molecule has 0 fully saturated rings. The van der Waals surface area contributed by atoms with Crippen LogP contribution in [-0.2, 0) is 0 Å². The van der Waals surface area contributed by atoms with Crippen molar-refractivity contribution < 1.29 is 9.59 Å². The highest BCUT2D eigenvalue weighted by Crippen LogP contribution is 2.25. The first kappa shape index (κ1) is 21.2. The molecule has 0 bridgehead atoms. The second kappa shape index (κ2) is 12.5. The quantitative estimate of drug-likeness (QED) is 0.341. The molecule has 0 spiro atoms. The van der Waals surface area contributed by atoms with Gasteiger partial charge in [-0.15, -0.1) is 0 Å². The van der Waals surface area contributed by atoms with E-state index < -0.39 is 0 Å². The first-order valence-electron chi connectivity index (χ1n) is 10.1. The van der Waals surface area contributed by atoms with Gasteiger partial charge >= 0.3 is 0 Å². The van der Waals surface area contributed by atoms with Crippen molar-refractivity contribution in [2.45, 2.75) is 77.2 Å². The summed E-state index contributed by atoms with van der Waals surface area (Å²) in [6, 6.07) is 10.6. The molecule has 0 aliphatic heterocycles. The van der Waals surface area contributed by atoms with Crippen molar-refractivity contribution in [3.63, 3.8) is 0 Å². The van der Waals surface area contributed by atoms with Crippen LogP contribution in [0.5, 0.6) is 0 Å². The summed E-state index contributed by atoms with van der Waals surface area (Å²) in [5.41, 5.74) is 1.25. The number of rotatable bonds is 14. The maximum Gasteiger partial charge on any atom is 0.138 e. The fourth-order valence-electron chi connectivity index (χ4n) is 3.57. The van der Waals surface area contributed by atoms with Crippen molar-refractivity contribution in [1.29, 1.82) is 0 Å². The molecule has 0 radical (unpaired) electrons. The average molecular weight is 335 g/mol. The average Bonchev–Trinajstić information content (AvgIpc) is 2.58. The van der Waals surface area contributed by atoms with Crippen molar-refractivity contribution in [1.82, 2.24) is 0 Å². The van der Waals surface area contributed by atoms with E-state index in [-0.39, 0.29) is 12.6 Å². The number of nitrogens with zero attached hydrogens (tertiary/aromatic N) is 1. The van der Waals surface area contributed by atoms with Gasteiger partial charge in [0.25, 0.3) is 0 Å². The molecule has 138 valence electrons.